The van der Waals surface area contributed by atoms with Gasteiger partial charge in [-0.25, -0.2) is 8.42 Å². The lowest BCUT2D eigenvalue weighted by atomic mass is 10.1. The molecule has 0 bridgehead atoms. The summed E-state index contributed by atoms with van der Waals surface area (Å²) in [5.41, 5.74) is 3.32. The van der Waals surface area contributed by atoms with Crippen LogP contribution in [-0.2, 0) is 34.0 Å². The zero-order chi connectivity index (χ0) is 18.3. The molecule has 2 aromatic carbocycles. The van der Waals surface area contributed by atoms with Crippen LogP contribution in [-0.4, -0.2) is 20.1 Å². The van der Waals surface area contributed by atoms with Gasteiger partial charge in [-0.2, -0.15) is 0 Å². The first-order chi connectivity index (χ1) is 11.9. The molecule has 0 aliphatic rings. The number of carbonyl (C=O) groups excluding carboxylic acids is 1. The van der Waals surface area contributed by atoms with Gasteiger partial charge in [0.25, 0.3) is 0 Å². The van der Waals surface area contributed by atoms with E-state index in [9.17, 15) is 13.2 Å². The van der Waals surface area contributed by atoms with E-state index in [2.05, 4.69) is 24.4 Å². The van der Waals surface area contributed by atoms with Gasteiger partial charge in [0.1, 0.15) is 0 Å². The first-order valence-corrected chi connectivity index (χ1v) is 10.3. The molecular weight excluding hydrogens is 334 g/mol. The third-order valence-corrected chi connectivity index (χ3v) is 5.97. The van der Waals surface area contributed by atoms with Crippen LogP contribution in [0.1, 0.15) is 37.0 Å². The van der Waals surface area contributed by atoms with Crippen LogP contribution in [0.4, 0.5) is 0 Å². The summed E-state index contributed by atoms with van der Waals surface area (Å²) in [5, 5.41) is 2.92. The van der Waals surface area contributed by atoms with E-state index in [1.54, 1.807) is 31.2 Å². The van der Waals surface area contributed by atoms with E-state index in [4.69, 9.17) is 0 Å². The Morgan fingerprint density at radius 3 is 2.00 bits per heavy atom. The Morgan fingerprint density at radius 1 is 0.880 bits per heavy atom. The van der Waals surface area contributed by atoms with Gasteiger partial charge in [-0.15, -0.1) is 0 Å². The lowest BCUT2D eigenvalue weighted by Crippen LogP contribution is -2.23. The Kier molecular flexibility index (Phi) is 6.76. The summed E-state index contributed by atoms with van der Waals surface area (Å²) in [6.07, 6.45) is 1.98. The van der Waals surface area contributed by atoms with Crippen molar-refractivity contribution in [3.05, 3.63) is 65.2 Å². The third kappa shape index (κ3) is 5.71. The second-order valence-electron chi connectivity index (χ2n) is 5.99. The molecule has 0 heterocycles. The highest BCUT2D eigenvalue weighted by atomic mass is 32.2. The van der Waals surface area contributed by atoms with Crippen molar-refractivity contribution in [3.8, 4) is 0 Å². The Morgan fingerprint density at radius 2 is 1.44 bits per heavy atom. The van der Waals surface area contributed by atoms with Gasteiger partial charge in [0.15, 0.2) is 9.84 Å². The molecule has 0 aliphatic carbocycles. The summed E-state index contributed by atoms with van der Waals surface area (Å²) in [5.74, 6) is 0.0818. The van der Waals surface area contributed by atoms with Crippen LogP contribution in [0.3, 0.4) is 0 Å². The van der Waals surface area contributed by atoms with Crippen molar-refractivity contribution in [1.82, 2.24) is 5.32 Å². The van der Waals surface area contributed by atoms with E-state index >= 15 is 0 Å². The minimum absolute atomic E-state index is 0.00942. The third-order valence-electron chi connectivity index (χ3n) is 4.22. The molecule has 25 heavy (non-hydrogen) atoms. The highest BCUT2D eigenvalue weighted by Gasteiger charge is 2.11. The lowest BCUT2D eigenvalue weighted by molar-refractivity contribution is -0.121. The molecule has 0 aromatic heterocycles. The summed E-state index contributed by atoms with van der Waals surface area (Å²) in [6, 6.07) is 15.0. The second kappa shape index (κ2) is 8.81. The van der Waals surface area contributed by atoms with Gasteiger partial charge >= 0.3 is 0 Å². The molecule has 2 rings (SSSR count). The minimum atomic E-state index is -3.17. The number of hydrogen-bond acceptors (Lipinski definition) is 3. The number of benzene rings is 2. The number of carbonyl (C=O) groups is 1. The summed E-state index contributed by atoms with van der Waals surface area (Å²) in [7, 11) is -3.17. The molecule has 0 saturated carbocycles. The van der Waals surface area contributed by atoms with Crippen molar-refractivity contribution in [3.63, 3.8) is 0 Å². The van der Waals surface area contributed by atoms with Crippen LogP contribution in [0.2, 0.25) is 0 Å². The van der Waals surface area contributed by atoms with Gasteiger partial charge in [0.05, 0.1) is 10.6 Å². The maximum absolute atomic E-state index is 12.0. The number of nitrogens with one attached hydrogen (secondary N) is 1. The molecule has 0 radical (unpaired) electrons. The SMILES string of the molecule is CCc1ccc(CNC(=O)CCc2ccc(S(=O)(=O)CC)cc2)cc1. The minimum Gasteiger partial charge on any atom is -0.352 e. The number of hydrogen-bond donors (Lipinski definition) is 1. The molecule has 0 aliphatic heterocycles. The van der Waals surface area contributed by atoms with Crippen molar-refractivity contribution < 1.29 is 13.2 Å². The summed E-state index contributed by atoms with van der Waals surface area (Å²) < 4.78 is 23.5. The van der Waals surface area contributed by atoms with Gasteiger partial charge < -0.3 is 5.32 Å². The monoisotopic (exact) mass is 359 g/mol. The van der Waals surface area contributed by atoms with Crippen molar-refractivity contribution in [1.29, 1.82) is 0 Å². The van der Waals surface area contributed by atoms with Crippen molar-refractivity contribution in [2.24, 2.45) is 0 Å². The summed E-state index contributed by atoms with van der Waals surface area (Å²) in [6.45, 7) is 4.26. The fourth-order valence-corrected chi connectivity index (χ4v) is 3.35. The maximum Gasteiger partial charge on any atom is 0.220 e. The predicted molar refractivity (Wildman–Crippen MR) is 100 cm³/mol. The molecule has 2 aromatic rings. The van der Waals surface area contributed by atoms with Gasteiger partial charge in [0.2, 0.25) is 5.91 Å². The number of aryl methyl sites for hydroxylation is 2. The Labute approximate surface area is 150 Å². The highest BCUT2D eigenvalue weighted by molar-refractivity contribution is 7.91. The second-order valence-corrected chi connectivity index (χ2v) is 8.27. The van der Waals surface area contributed by atoms with Crippen LogP contribution in [0.15, 0.2) is 53.4 Å². The average Bonchev–Trinajstić information content (AvgIpc) is 2.65. The highest BCUT2D eigenvalue weighted by Crippen LogP contribution is 2.13. The van der Waals surface area contributed by atoms with Gasteiger partial charge in [-0.05, 0) is 41.7 Å². The molecule has 0 fully saturated rings. The molecular formula is C20H25NO3S. The van der Waals surface area contributed by atoms with Gasteiger partial charge in [0, 0.05) is 13.0 Å². The van der Waals surface area contributed by atoms with E-state index in [1.165, 1.54) is 5.56 Å². The normalized spacial score (nSPS) is 11.3. The fraction of sp³-hybridized carbons (Fsp3) is 0.350. The van der Waals surface area contributed by atoms with Crippen LogP contribution in [0, 0.1) is 0 Å². The lowest BCUT2D eigenvalue weighted by Gasteiger charge is -2.07. The van der Waals surface area contributed by atoms with Gasteiger partial charge in [-0.1, -0.05) is 50.2 Å². The van der Waals surface area contributed by atoms with E-state index < -0.39 is 9.84 Å². The van der Waals surface area contributed by atoms with Crippen molar-refractivity contribution in [2.75, 3.05) is 5.75 Å². The van der Waals surface area contributed by atoms with Crippen LogP contribution in [0.5, 0.6) is 0 Å². The summed E-state index contributed by atoms with van der Waals surface area (Å²) >= 11 is 0. The topological polar surface area (TPSA) is 63.2 Å². The number of rotatable bonds is 8. The first-order valence-electron chi connectivity index (χ1n) is 8.60. The number of sulfone groups is 1. The first kappa shape index (κ1) is 19.2. The Balaban J connectivity index is 1.81. The molecule has 5 heteroatoms. The van der Waals surface area contributed by atoms with Crippen LogP contribution >= 0.6 is 0 Å². The molecule has 1 N–H and O–H groups in total. The maximum atomic E-state index is 12.0. The molecule has 0 spiro atoms. The fourth-order valence-electron chi connectivity index (χ4n) is 2.47. The predicted octanol–water partition coefficient (Wildman–Crippen LogP) is 3.29. The quantitative estimate of drug-likeness (QED) is 0.787. The zero-order valence-electron chi connectivity index (χ0n) is 14.8. The van der Waals surface area contributed by atoms with Crippen LogP contribution in [0.25, 0.3) is 0 Å². The molecule has 134 valence electrons. The van der Waals surface area contributed by atoms with Crippen LogP contribution < -0.4 is 5.32 Å². The smallest absolute Gasteiger partial charge is 0.220 e. The van der Waals surface area contributed by atoms with E-state index in [-0.39, 0.29) is 11.7 Å². The molecule has 4 nitrogen and oxygen atoms in total. The van der Waals surface area contributed by atoms with Crippen molar-refractivity contribution >= 4 is 15.7 Å². The van der Waals surface area contributed by atoms with E-state index in [0.29, 0.717) is 24.3 Å². The summed E-state index contributed by atoms with van der Waals surface area (Å²) in [4.78, 5) is 12.3. The Hall–Kier alpha value is -2.14. The van der Waals surface area contributed by atoms with E-state index in [0.717, 1.165) is 17.5 Å². The Bertz CT molecular complexity index is 794. The largest absolute Gasteiger partial charge is 0.352 e. The molecule has 0 unspecified atom stereocenters. The average molecular weight is 359 g/mol. The molecule has 1 amide bonds. The molecule has 0 atom stereocenters. The zero-order valence-corrected chi connectivity index (χ0v) is 15.6. The standard InChI is InChI=1S/C20H25NO3S/c1-3-16-5-7-18(8-6-16)15-21-20(22)14-11-17-9-12-19(13-10-17)25(23,24)4-2/h5-10,12-13H,3-4,11,14-15H2,1-2H3,(H,21,22). The number of amides is 1. The van der Waals surface area contributed by atoms with Crippen molar-refractivity contribution in [2.45, 2.75) is 44.6 Å². The van der Waals surface area contributed by atoms with Gasteiger partial charge in [-0.3, -0.25) is 4.79 Å². The molecule has 0 saturated heterocycles. The van der Waals surface area contributed by atoms with E-state index in [1.807, 2.05) is 12.1 Å².